The summed E-state index contributed by atoms with van der Waals surface area (Å²) in [5.41, 5.74) is 2.08. The van der Waals surface area contributed by atoms with Gasteiger partial charge < -0.3 is 20.1 Å². The fourth-order valence-electron chi connectivity index (χ4n) is 2.30. The first-order valence-corrected chi connectivity index (χ1v) is 8.30. The number of rotatable bonds is 7. The number of aromatic nitrogens is 2. The third-order valence-electron chi connectivity index (χ3n) is 4.15. The molecule has 1 aromatic heterocycles. The number of carbonyl (C=O) groups excluding carboxylic acids is 1. The molecule has 0 aliphatic heterocycles. The van der Waals surface area contributed by atoms with E-state index in [1.807, 2.05) is 35.9 Å². The molecule has 1 heterocycles. The van der Waals surface area contributed by atoms with Crippen molar-refractivity contribution in [3.05, 3.63) is 48.5 Å². The van der Waals surface area contributed by atoms with E-state index in [1.54, 1.807) is 12.5 Å². The van der Waals surface area contributed by atoms with Gasteiger partial charge in [-0.25, -0.2) is 9.78 Å². The summed E-state index contributed by atoms with van der Waals surface area (Å²) in [6.07, 6.45) is 5.40. The van der Waals surface area contributed by atoms with Crippen molar-refractivity contribution >= 4 is 6.03 Å². The minimum atomic E-state index is -0.146. The van der Waals surface area contributed by atoms with Gasteiger partial charge >= 0.3 is 6.03 Å². The summed E-state index contributed by atoms with van der Waals surface area (Å²) < 4.78 is 1.94. The zero-order valence-corrected chi connectivity index (χ0v) is 14.9. The van der Waals surface area contributed by atoms with Crippen LogP contribution in [0.5, 0.6) is 0 Å². The van der Waals surface area contributed by atoms with Crippen molar-refractivity contribution in [2.45, 2.75) is 32.9 Å². The highest BCUT2D eigenvalue weighted by Gasteiger charge is 2.10. The van der Waals surface area contributed by atoms with Gasteiger partial charge in [0.25, 0.3) is 0 Å². The quantitative estimate of drug-likeness (QED) is 0.821. The number of imidazole rings is 1. The minimum absolute atomic E-state index is 0.0729. The fourth-order valence-corrected chi connectivity index (χ4v) is 2.30. The molecule has 130 valence electrons. The molecule has 1 unspecified atom stereocenters. The zero-order chi connectivity index (χ0) is 17.5. The van der Waals surface area contributed by atoms with Crippen LogP contribution in [-0.2, 0) is 0 Å². The molecule has 1 atom stereocenters. The molecule has 0 spiro atoms. The largest absolute Gasteiger partial charge is 0.337 e. The lowest BCUT2D eigenvalue weighted by Crippen LogP contribution is -2.41. The Balaban J connectivity index is 1.87. The molecule has 2 rings (SSSR count). The van der Waals surface area contributed by atoms with Crippen LogP contribution in [0.25, 0.3) is 5.69 Å². The van der Waals surface area contributed by atoms with Crippen LogP contribution in [0.15, 0.2) is 43.0 Å². The smallest absolute Gasteiger partial charge is 0.315 e. The average molecular weight is 329 g/mol. The summed E-state index contributed by atoms with van der Waals surface area (Å²) in [5.74, 6) is 0. The lowest BCUT2D eigenvalue weighted by Gasteiger charge is -2.21. The molecular formula is C18H27N5O. The Morgan fingerprint density at radius 2 is 2.12 bits per heavy atom. The van der Waals surface area contributed by atoms with E-state index in [9.17, 15) is 4.79 Å². The Morgan fingerprint density at radius 3 is 2.79 bits per heavy atom. The zero-order valence-electron chi connectivity index (χ0n) is 14.9. The third-order valence-corrected chi connectivity index (χ3v) is 4.15. The molecular weight excluding hydrogens is 302 g/mol. The van der Waals surface area contributed by atoms with Gasteiger partial charge in [-0.05, 0) is 45.5 Å². The van der Waals surface area contributed by atoms with E-state index in [-0.39, 0.29) is 12.1 Å². The van der Waals surface area contributed by atoms with Crippen molar-refractivity contribution in [3.63, 3.8) is 0 Å². The molecule has 2 aromatic rings. The first-order valence-electron chi connectivity index (χ1n) is 8.30. The van der Waals surface area contributed by atoms with Crippen LogP contribution in [0.3, 0.4) is 0 Å². The van der Waals surface area contributed by atoms with Gasteiger partial charge in [0.2, 0.25) is 0 Å². The highest BCUT2D eigenvalue weighted by atomic mass is 16.2. The summed E-state index contributed by atoms with van der Waals surface area (Å²) in [6, 6.07) is 8.32. The number of hydrogen-bond acceptors (Lipinski definition) is 3. The van der Waals surface area contributed by atoms with Crippen molar-refractivity contribution in [2.75, 3.05) is 20.1 Å². The molecule has 6 nitrogen and oxygen atoms in total. The molecule has 2 N–H and O–H groups in total. The van der Waals surface area contributed by atoms with Crippen LogP contribution in [0, 0.1) is 0 Å². The van der Waals surface area contributed by atoms with E-state index < -0.39 is 0 Å². The Bertz CT molecular complexity index is 639. The molecule has 0 aliphatic carbocycles. The van der Waals surface area contributed by atoms with Crippen LogP contribution in [-0.4, -0.2) is 46.7 Å². The van der Waals surface area contributed by atoms with Crippen LogP contribution < -0.4 is 10.6 Å². The summed E-state index contributed by atoms with van der Waals surface area (Å²) >= 11 is 0. The standard InChI is InChI=1S/C18H27N5O/c1-14(2)22(4)10-9-20-18(24)21-15(3)16-6-5-7-17(12-16)23-11-8-19-13-23/h5-8,11-15H,9-10H2,1-4H3,(H2,20,21,24). The van der Waals surface area contributed by atoms with Crippen molar-refractivity contribution in [1.29, 1.82) is 0 Å². The van der Waals surface area contributed by atoms with Crippen LogP contribution in [0.2, 0.25) is 0 Å². The van der Waals surface area contributed by atoms with Gasteiger partial charge in [0.1, 0.15) is 0 Å². The molecule has 0 radical (unpaired) electrons. The van der Waals surface area contributed by atoms with Crippen molar-refractivity contribution in [1.82, 2.24) is 25.1 Å². The van der Waals surface area contributed by atoms with Gasteiger partial charge in [0.05, 0.1) is 12.4 Å². The number of benzene rings is 1. The average Bonchev–Trinajstić information content (AvgIpc) is 3.09. The molecule has 0 fully saturated rings. The topological polar surface area (TPSA) is 62.2 Å². The van der Waals surface area contributed by atoms with E-state index in [1.165, 1.54) is 0 Å². The lowest BCUT2D eigenvalue weighted by atomic mass is 10.1. The van der Waals surface area contributed by atoms with Crippen molar-refractivity contribution < 1.29 is 4.79 Å². The fraction of sp³-hybridized carbons (Fsp3) is 0.444. The molecule has 1 aromatic carbocycles. The normalized spacial score (nSPS) is 12.4. The minimum Gasteiger partial charge on any atom is -0.337 e. The second-order valence-corrected chi connectivity index (χ2v) is 6.26. The predicted octanol–water partition coefficient (Wildman–Crippen LogP) is 2.57. The van der Waals surface area contributed by atoms with Gasteiger partial charge in [-0.15, -0.1) is 0 Å². The second kappa shape index (κ2) is 8.49. The number of urea groups is 1. The summed E-state index contributed by atoms with van der Waals surface area (Å²) in [5, 5.41) is 5.88. The maximum absolute atomic E-state index is 12.0. The number of amides is 2. The van der Waals surface area contributed by atoms with Gasteiger partial charge in [-0.1, -0.05) is 12.1 Å². The van der Waals surface area contributed by atoms with Crippen molar-refractivity contribution in [2.24, 2.45) is 0 Å². The number of nitrogens with one attached hydrogen (secondary N) is 2. The van der Waals surface area contributed by atoms with E-state index in [4.69, 9.17) is 0 Å². The van der Waals surface area contributed by atoms with Gasteiger partial charge in [0, 0.05) is 37.2 Å². The SMILES string of the molecule is CC(NC(=O)NCCN(C)C(C)C)c1cccc(-n2ccnc2)c1. The molecule has 0 saturated heterocycles. The summed E-state index contributed by atoms with van der Waals surface area (Å²) in [6.45, 7) is 7.70. The maximum Gasteiger partial charge on any atom is 0.315 e. The first kappa shape index (κ1) is 18.0. The van der Waals surface area contributed by atoms with Crippen LogP contribution in [0.4, 0.5) is 4.79 Å². The summed E-state index contributed by atoms with van der Waals surface area (Å²) in [7, 11) is 2.05. The highest BCUT2D eigenvalue weighted by molar-refractivity contribution is 5.74. The number of carbonyl (C=O) groups is 1. The molecule has 0 aliphatic rings. The highest BCUT2D eigenvalue weighted by Crippen LogP contribution is 2.16. The molecule has 2 amide bonds. The molecule has 24 heavy (non-hydrogen) atoms. The van der Waals surface area contributed by atoms with E-state index in [2.05, 4.69) is 47.5 Å². The Kier molecular flexibility index (Phi) is 6.37. The molecule has 0 saturated carbocycles. The van der Waals surface area contributed by atoms with Crippen LogP contribution in [0.1, 0.15) is 32.4 Å². The molecule has 0 bridgehead atoms. The Hall–Kier alpha value is -2.34. The third kappa shape index (κ3) is 5.09. The maximum atomic E-state index is 12.0. The predicted molar refractivity (Wildman–Crippen MR) is 96.3 cm³/mol. The molecule has 6 heteroatoms. The van der Waals surface area contributed by atoms with E-state index in [0.29, 0.717) is 12.6 Å². The lowest BCUT2D eigenvalue weighted by molar-refractivity contribution is 0.232. The monoisotopic (exact) mass is 329 g/mol. The van der Waals surface area contributed by atoms with Crippen molar-refractivity contribution in [3.8, 4) is 5.69 Å². The number of hydrogen-bond donors (Lipinski definition) is 2. The Labute approximate surface area is 143 Å². The number of nitrogens with zero attached hydrogens (tertiary/aromatic N) is 3. The van der Waals surface area contributed by atoms with Crippen LogP contribution >= 0.6 is 0 Å². The summed E-state index contributed by atoms with van der Waals surface area (Å²) in [4.78, 5) is 18.3. The van der Waals surface area contributed by atoms with Gasteiger partial charge in [0.15, 0.2) is 0 Å². The second-order valence-electron chi connectivity index (χ2n) is 6.26. The van der Waals surface area contributed by atoms with Gasteiger partial charge in [-0.3, -0.25) is 0 Å². The Morgan fingerprint density at radius 1 is 1.33 bits per heavy atom. The van der Waals surface area contributed by atoms with E-state index >= 15 is 0 Å². The van der Waals surface area contributed by atoms with Gasteiger partial charge in [-0.2, -0.15) is 0 Å². The number of likely N-dealkylation sites (N-methyl/N-ethyl adjacent to an activating group) is 1. The van der Waals surface area contributed by atoms with E-state index in [0.717, 1.165) is 17.8 Å². The first-order chi connectivity index (χ1) is 11.5.